The molecule has 1 fully saturated rings. The van der Waals surface area contributed by atoms with Crippen LogP contribution in [0, 0.1) is 0 Å². The summed E-state index contributed by atoms with van der Waals surface area (Å²) in [4.78, 5) is 22.6. The number of carboxylic acid groups (broad SMARTS) is 1. The fraction of sp³-hybridized carbons (Fsp3) is 0.385. The van der Waals surface area contributed by atoms with Gasteiger partial charge in [-0.2, -0.15) is 0 Å². The maximum absolute atomic E-state index is 11.4. The van der Waals surface area contributed by atoms with Gasteiger partial charge in [-0.05, 0) is 17.7 Å². The maximum Gasteiger partial charge on any atom is 0.315 e. The summed E-state index contributed by atoms with van der Waals surface area (Å²) >= 11 is 0. The Morgan fingerprint density at radius 3 is 2.44 bits per heavy atom. The Kier molecular flexibility index (Phi) is 2.29. The zero-order valence-electron chi connectivity index (χ0n) is 9.64. The van der Waals surface area contributed by atoms with Crippen LogP contribution in [-0.2, 0) is 15.0 Å². The van der Waals surface area contributed by atoms with E-state index in [4.69, 9.17) is 9.47 Å². The molecule has 5 nitrogen and oxygen atoms in total. The molecule has 1 heterocycles. The molecule has 5 heteroatoms. The predicted octanol–water partition coefficient (Wildman–Crippen LogP) is 1.14. The Labute approximate surface area is 103 Å². The van der Waals surface area contributed by atoms with Crippen molar-refractivity contribution in [1.29, 1.82) is 0 Å². The first-order valence-electron chi connectivity index (χ1n) is 5.77. The van der Waals surface area contributed by atoms with E-state index in [1.54, 1.807) is 18.2 Å². The van der Waals surface area contributed by atoms with E-state index in [2.05, 4.69) is 0 Å². The van der Waals surface area contributed by atoms with E-state index in [9.17, 15) is 14.7 Å². The molecule has 0 aromatic heterocycles. The molecule has 3 rings (SSSR count). The van der Waals surface area contributed by atoms with Crippen LogP contribution in [0.3, 0.4) is 0 Å². The topological polar surface area (TPSA) is 72.8 Å². The van der Waals surface area contributed by atoms with Gasteiger partial charge in [-0.1, -0.05) is 6.07 Å². The summed E-state index contributed by atoms with van der Waals surface area (Å²) in [6.07, 6.45) is 0.115. The Balaban J connectivity index is 2.01. The lowest BCUT2D eigenvalue weighted by atomic mass is 9.63. The van der Waals surface area contributed by atoms with Crippen molar-refractivity contribution in [2.75, 3.05) is 13.2 Å². The van der Waals surface area contributed by atoms with E-state index in [0.717, 1.165) is 0 Å². The van der Waals surface area contributed by atoms with E-state index in [1.165, 1.54) is 0 Å². The van der Waals surface area contributed by atoms with Crippen molar-refractivity contribution >= 4 is 11.8 Å². The van der Waals surface area contributed by atoms with Crippen LogP contribution in [0.5, 0.6) is 11.5 Å². The molecule has 0 unspecified atom stereocenters. The summed E-state index contributed by atoms with van der Waals surface area (Å²) in [6.45, 7) is 0.949. The number of hydrogen-bond acceptors (Lipinski definition) is 4. The lowest BCUT2D eigenvalue weighted by Crippen LogP contribution is -2.48. The molecule has 18 heavy (non-hydrogen) atoms. The second-order valence-electron chi connectivity index (χ2n) is 4.64. The van der Waals surface area contributed by atoms with Crippen LogP contribution in [0.1, 0.15) is 18.4 Å². The van der Waals surface area contributed by atoms with Crippen LogP contribution in [0.4, 0.5) is 0 Å². The van der Waals surface area contributed by atoms with E-state index in [0.29, 0.717) is 30.3 Å². The van der Waals surface area contributed by atoms with Gasteiger partial charge in [-0.3, -0.25) is 9.59 Å². The molecule has 0 amide bonds. The minimum atomic E-state index is -1.08. The number of benzene rings is 1. The number of ketones is 1. The summed E-state index contributed by atoms with van der Waals surface area (Å²) in [6, 6.07) is 5.08. The van der Waals surface area contributed by atoms with Gasteiger partial charge in [0.05, 0.1) is 0 Å². The fourth-order valence-corrected chi connectivity index (χ4v) is 2.44. The molecule has 1 aliphatic heterocycles. The average molecular weight is 248 g/mol. The normalized spacial score (nSPS) is 20.1. The summed E-state index contributed by atoms with van der Waals surface area (Å²) < 4.78 is 10.8. The summed E-state index contributed by atoms with van der Waals surface area (Å²) in [7, 11) is 0. The maximum atomic E-state index is 11.4. The van der Waals surface area contributed by atoms with Crippen LogP contribution >= 0.6 is 0 Å². The van der Waals surface area contributed by atoms with Crippen molar-refractivity contribution in [3.63, 3.8) is 0 Å². The van der Waals surface area contributed by atoms with E-state index < -0.39 is 11.4 Å². The van der Waals surface area contributed by atoms with E-state index in [-0.39, 0.29) is 18.6 Å². The fourth-order valence-electron chi connectivity index (χ4n) is 2.44. The molecule has 94 valence electrons. The predicted molar refractivity (Wildman–Crippen MR) is 61.0 cm³/mol. The third-order valence-electron chi connectivity index (χ3n) is 3.50. The van der Waals surface area contributed by atoms with Gasteiger partial charge in [0.25, 0.3) is 0 Å². The number of ether oxygens (including phenoxy) is 2. The highest BCUT2D eigenvalue weighted by Crippen LogP contribution is 2.44. The summed E-state index contributed by atoms with van der Waals surface area (Å²) in [5.41, 5.74) is -0.466. The summed E-state index contributed by atoms with van der Waals surface area (Å²) in [5, 5.41) is 9.33. The van der Waals surface area contributed by atoms with Gasteiger partial charge in [0, 0.05) is 12.8 Å². The third kappa shape index (κ3) is 1.47. The Hall–Kier alpha value is -2.04. The van der Waals surface area contributed by atoms with Crippen molar-refractivity contribution < 1.29 is 24.2 Å². The van der Waals surface area contributed by atoms with Gasteiger partial charge in [0.2, 0.25) is 0 Å². The van der Waals surface area contributed by atoms with Crippen molar-refractivity contribution in [3.05, 3.63) is 23.8 Å². The monoisotopic (exact) mass is 248 g/mol. The van der Waals surface area contributed by atoms with Gasteiger partial charge >= 0.3 is 5.97 Å². The SMILES string of the molecule is O=C1CC(C(=O)O)(c2ccc3c(c2)OCCO3)C1. The molecule has 1 aromatic rings. The molecule has 0 bridgehead atoms. The largest absolute Gasteiger partial charge is 0.486 e. The zero-order valence-corrected chi connectivity index (χ0v) is 9.64. The second-order valence-corrected chi connectivity index (χ2v) is 4.64. The van der Waals surface area contributed by atoms with Crippen LogP contribution in [-0.4, -0.2) is 30.1 Å². The van der Waals surface area contributed by atoms with Gasteiger partial charge in [0.1, 0.15) is 24.4 Å². The zero-order chi connectivity index (χ0) is 12.8. The number of aliphatic carboxylic acids is 1. The van der Waals surface area contributed by atoms with Gasteiger partial charge in [-0.25, -0.2) is 0 Å². The van der Waals surface area contributed by atoms with E-state index >= 15 is 0 Å². The Morgan fingerprint density at radius 1 is 1.17 bits per heavy atom. The van der Waals surface area contributed by atoms with E-state index in [1.807, 2.05) is 0 Å². The molecule has 1 aliphatic carbocycles. The summed E-state index contributed by atoms with van der Waals surface area (Å²) in [5.74, 6) is 0.195. The number of carboxylic acids is 1. The van der Waals surface area contributed by atoms with Gasteiger partial charge in [-0.15, -0.1) is 0 Å². The molecule has 1 saturated carbocycles. The smallest absolute Gasteiger partial charge is 0.315 e. The van der Waals surface area contributed by atoms with Crippen LogP contribution < -0.4 is 9.47 Å². The lowest BCUT2D eigenvalue weighted by molar-refractivity contribution is -0.153. The number of hydrogen-bond donors (Lipinski definition) is 1. The first kappa shape index (κ1) is 11.1. The standard InChI is InChI=1S/C13H12O5/c14-9-6-13(7-9,12(15)16)8-1-2-10-11(5-8)18-4-3-17-10/h1-2,5H,3-4,6-7H2,(H,15,16). The quantitative estimate of drug-likeness (QED) is 0.849. The van der Waals surface area contributed by atoms with Crippen LogP contribution in [0.15, 0.2) is 18.2 Å². The number of Topliss-reactive ketones (excluding diaryl/α,β-unsaturated/α-hetero) is 1. The number of rotatable bonds is 2. The second kappa shape index (κ2) is 3.73. The van der Waals surface area contributed by atoms with Crippen LogP contribution in [0.2, 0.25) is 0 Å². The van der Waals surface area contributed by atoms with Gasteiger partial charge < -0.3 is 14.6 Å². The molecule has 0 radical (unpaired) electrons. The molecule has 0 atom stereocenters. The molecule has 1 aromatic carbocycles. The first-order chi connectivity index (χ1) is 8.62. The van der Waals surface area contributed by atoms with Crippen molar-refractivity contribution in [3.8, 4) is 11.5 Å². The molecule has 0 saturated heterocycles. The van der Waals surface area contributed by atoms with Crippen molar-refractivity contribution in [1.82, 2.24) is 0 Å². The minimum Gasteiger partial charge on any atom is -0.486 e. The van der Waals surface area contributed by atoms with Crippen molar-refractivity contribution in [2.24, 2.45) is 0 Å². The molecule has 1 N–H and O–H groups in total. The Morgan fingerprint density at radius 2 is 1.83 bits per heavy atom. The lowest BCUT2D eigenvalue weighted by Gasteiger charge is -2.37. The molecular weight excluding hydrogens is 236 g/mol. The number of carbonyl (C=O) groups excluding carboxylic acids is 1. The van der Waals surface area contributed by atoms with Crippen molar-refractivity contribution in [2.45, 2.75) is 18.3 Å². The highest BCUT2D eigenvalue weighted by molar-refractivity contribution is 6.01. The molecular formula is C13H12O5. The third-order valence-corrected chi connectivity index (χ3v) is 3.50. The van der Waals surface area contributed by atoms with Crippen LogP contribution in [0.25, 0.3) is 0 Å². The van der Waals surface area contributed by atoms with Gasteiger partial charge in [0.15, 0.2) is 11.5 Å². The minimum absolute atomic E-state index is 0.0210. The number of carbonyl (C=O) groups is 2. The average Bonchev–Trinajstić information content (AvgIpc) is 2.34. The first-order valence-corrected chi connectivity index (χ1v) is 5.77. The molecule has 0 spiro atoms. The Bertz CT molecular complexity index is 526. The highest BCUT2D eigenvalue weighted by atomic mass is 16.6. The number of fused-ring (bicyclic) bond motifs is 1. The highest BCUT2D eigenvalue weighted by Gasteiger charge is 2.51. The molecule has 2 aliphatic rings.